The van der Waals surface area contributed by atoms with Crippen molar-refractivity contribution in [3.63, 3.8) is 0 Å². The largest absolute Gasteiger partial charge is 2.00 e. The van der Waals surface area contributed by atoms with Crippen LogP contribution in [-0.4, -0.2) is 11.9 Å². The van der Waals surface area contributed by atoms with E-state index in [9.17, 15) is 19.8 Å². The number of benzene rings is 1. The fraction of sp³-hybridized carbons (Fsp3) is 0. The monoisotopic (exact) mass is 329 g/mol. The van der Waals surface area contributed by atoms with Crippen LogP contribution in [0.1, 0.15) is 20.7 Å². The fourth-order valence-corrected chi connectivity index (χ4v) is 0.773. The van der Waals surface area contributed by atoms with Gasteiger partial charge in [-0.3, -0.25) is 0 Å². The van der Waals surface area contributed by atoms with Crippen LogP contribution in [0.25, 0.3) is 0 Å². The van der Waals surface area contributed by atoms with Crippen LogP contribution < -0.4 is 10.2 Å². The molecule has 0 spiro atoms. The van der Waals surface area contributed by atoms with Crippen molar-refractivity contribution in [1.29, 1.82) is 0 Å². The van der Waals surface area contributed by atoms with Crippen LogP contribution in [0.4, 0.5) is 0 Å². The Morgan fingerprint density at radius 1 is 1.00 bits per heavy atom. The minimum atomic E-state index is -1.40. The molecular formula is C8H4AgNiO4+. The summed E-state index contributed by atoms with van der Waals surface area (Å²) in [6.07, 6.45) is 0. The van der Waals surface area contributed by atoms with Crippen molar-refractivity contribution in [2.45, 2.75) is 0 Å². The fourth-order valence-electron chi connectivity index (χ4n) is 0.773. The van der Waals surface area contributed by atoms with Crippen molar-refractivity contribution in [3.8, 4) is 0 Å². The van der Waals surface area contributed by atoms with Gasteiger partial charge in [0, 0.05) is 0 Å². The number of aromatic carboxylic acids is 2. The normalized spacial score (nSPS) is 8.00. The van der Waals surface area contributed by atoms with Gasteiger partial charge in [-0.1, -0.05) is 18.2 Å². The molecule has 0 atom stereocenters. The Morgan fingerprint density at radius 2 is 1.36 bits per heavy atom. The second-order valence-corrected chi connectivity index (χ2v) is 2.16. The number of carboxylic acids is 2. The minimum Gasteiger partial charge on any atom is -0.545 e. The van der Waals surface area contributed by atoms with E-state index in [-0.39, 0.29) is 50.0 Å². The molecule has 0 radical (unpaired) electrons. The molecule has 0 saturated carbocycles. The predicted octanol–water partition coefficient (Wildman–Crippen LogP) is -1.59. The molecule has 0 aliphatic rings. The van der Waals surface area contributed by atoms with Gasteiger partial charge in [0.2, 0.25) is 0 Å². The van der Waals surface area contributed by atoms with E-state index in [0.29, 0.717) is 0 Å². The summed E-state index contributed by atoms with van der Waals surface area (Å²) >= 11 is 0. The van der Waals surface area contributed by atoms with Crippen molar-refractivity contribution in [1.82, 2.24) is 0 Å². The summed E-state index contributed by atoms with van der Waals surface area (Å²) in [4.78, 5) is 20.5. The molecule has 0 saturated heterocycles. The maximum Gasteiger partial charge on any atom is 2.00 e. The molecule has 6 heteroatoms. The molecule has 14 heavy (non-hydrogen) atoms. The molecule has 4 nitrogen and oxygen atoms in total. The third-order valence-corrected chi connectivity index (χ3v) is 1.33. The summed E-state index contributed by atoms with van der Waals surface area (Å²) in [6.45, 7) is 0. The van der Waals surface area contributed by atoms with Crippen LogP contribution in [0.5, 0.6) is 0 Å². The van der Waals surface area contributed by atoms with Crippen molar-refractivity contribution in [3.05, 3.63) is 35.4 Å². The molecule has 1 aromatic carbocycles. The molecule has 0 aromatic heterocycles. The van der Waals surface area contributed by atoms with Crippen molar-refractivity contribution < 1.29 is 58.7 Å². The van der Waals surface area contributed by atoms with Gasteiger partial charge in [-0.25, -0.2) is 0 Å². The van der Waals surface area contributed by atoms with Gasteiger partial charge in [-0.05, 0) is 17.2 Å². The Labute approximate surface area is 106 Å². The summed E-state index contributed by atoms with van der Waals surface area (Å²) in [6, 6.07) is 4.81. The number of carbonyl (C=O) groups is 2. The summed E-state index contributed by atoms with van der Waals surface area (Å²) in [5.74, 6) is -2.81. The van der Waals surface area contributed by atoms with E-state index in [1.165, 1.54) is 18.2 Å². The van der Waals surface area contributed by atoms with Gasteiger partial charge in [0.1, 0.15) is 0 Å². The Morgan fingerprint density at radius 3 is 1.64 bits per heavy atom. The van der Waals surface area contributed by atoms with Gasteiger partial charge in [-0.15, -0.1) is 0 Å². The molecular weight excluding hydrogens is 327 g/mol. The number of rotatable bonds is 2. The average Bonchev–Trinajstić information content (AvgIpc) is 2.04. The zero-order valence-electron chi connectivity index (χ0n) is 6.56. The molecule has 0 heterocycles. The molecule has 0 aliphatic carbocycles. The first-order valence-electron chi connectivity index (χ1n) is 3.14. The Kier molecular flexibility index (Phi) is 7.69. The topological polar surface area (TPSA) is 80.3 Å². The summed E-state index contributed by atoms with van der Waals surface area (Å²) in [7, 11) is 0. The summed E-state index contributed by atoms with van der Waals surface area (Å²) in [5.41, 5.74) is -0.339. The first-order valence-corrected chi connectivity index (χ1v) is 3.14. The molecule has 0 N–H and O–H groups in total. The smallest absolute Gasteiger partial charge is 0.545 e. The summed E-state index contributed by atoms with van der Waals surface area (Å²) < 4.78 is 0. The predicted molar refractivity (Wildman–Crippen MR) is 35.1 cm³/mol. The van der Waals surface area contributed by atoms with Crippen molar-refractivity contribution in [2.75, 3.05) is 0 Å². The van der Waals surface area contributed by atoms with Crippen molar-refractivity contribution >= 4 is 11.9 Å². The number of carboxylic acid groups (broad SMARTS) is 2. The van der Waals surface area contributed by atoms with E-state index in [1.54, 1.807) is 0 Å². The van der Waals surface area contributed by atoms with E-state index < -0.39 is 11.9 Å². The standard InChI is InChI=1S/C8H6O4.Ag.Ni/c9-7(10)5-2-1-3-6(4-5)8(11)12;;/h1-4H,(H,9,10)(H,11,12);;/q;+1;+2/p-2. The van der Waals surface area contributed by atoms with Gasteiger partial charge in [0.15, 0.2) is 0 Å². The molecule has 80 valence electrons. The SMILES string of the molecule is O=C([O-])c1cccc(C(=O)[O-])c1.[Ag+].[Ni+2]. The second kappa shape index (κ2) is 6.79. The summed E-state index contributed by atoms with van der Waals surface area (Å²) in [5, 5.41) is 20.5. The van der Waals surface area contributed by atoms with Crippen molar-refractivity contribution in [2.24, 2.45) is 0 Å². The van der Waals surface area contributed by atoms with Crippen LogP contribution in [0.15, 0.2) is 24.3 Å². The number of hydrogen-bond donors (Lipinski definition) is 0. The first-order chi connectivity index (χ1) is 5.61. The quantitative estimate of drug-likeness (QED) is 0.612. The van der Waals surface area contributed by atoms with E-state index in [4.69, 9.17) is 0 Å². The Balaban J connectivity index is 0. The average molecular weight is 331 g/mol. The molecule has 1 aromatic rings. The maximum absolute atomic E-state index is 10.3. The van der Waals surface area contributed by atoms with Crippen LogP contribution in [0, 0.1) is 0 Å². The molecule has 0 fully saturated rings. The van der Waals surface area contributed by atoms with Gasteiger partial charge in [0.25, 0.3) is 0 Å². The molecule has 0 unspecified atom stereocenters. The van der Waals surface area contributed by atoms with Crippen LogP contribution >= 0.6 is 0 Å². The zero-order chi connectivity index (χ0) is 9.14. The number of carbonyl (C=O) groups excluding carboxylic acids is 2. The van der Waals surface area contributed by atoms with Crippen LogP contribution in [-0.2, 0) is 38.9 Å². The van der Waals surface area contributed by atoms with Gasteiger partial charge in [0.05, 0.1) is 11.9 Å². The first kappa shape index (κ1) is 15.8. The van der Waals surface area contributed by atoms with E-state index in [1.807, 2.05) is 0 Å². The maximum atomic E-state index is 10.3. The third-order valence-electron chi connectivity index (χ3n) is 1.33. The molecule has 0 bridgehead atoms. The van der Waals surface area contributed by atoms with Crippen LogP contribution in [0.2, 0.25) is 0 Å². The molecule has 0 amide bonds. The Bertz CT molecular complexity index is 311. The van der Waals surface area contributed by atoms with Gasteiger partial charge < -0.3 is 19.8 Å². The number of hydrogen-bond acceptors (Lipinski definition) is 4. The minimum absolute atomic E-state index is 0. The molecule has 0 aliphatic heterocycles. The van der Waals surface area contributed by atoms with E-state index in [2.05, 4.69) is 0 Å². The Hall–Kier alpha value is -0.606. The van der Waals surface area contributed by atoms with E-state index >= 15 is 0 Å². The molecule has 1 rings (SSSR count). The van der Waals surface area contributed by atoms with Gasteiger partial charge in [-0.2, -0.15) is 0 Å². The van der Waals surface area contributed by atoms with E-state index in [0.717, 1.165) is 6.07 Å². The second-order valence-electron chi connectivity index (χ2n) is 2.16. The third kappa shape index (κ3) is 4.07. The zero-order valence-corrected chi connectivity index (χ0v) is 9.03. The van der Waals surface area contributed by atoms with Gasteiger partial charge >= 0.3 is 38.9 Å². The van der Waals surface area contributed by atoms with Crippen LogP contribution in [0.3, 0.4) is 0 Å².